The molecule has 0 aliphatic carbocycles. The van der Waals surface area contributed by atoms with Crippen molar-refractivity contribution < 1.29 is 49.0 Å². The van der Waals surface area contributed by atoms with Crippen LogP contribution in [0.3, 0.4) is 0 Å². The van der Waals surface area contributed by atoms with Gasteiger partial charge in [-0.05, 0) is 24.3 Å². The summed E-state index contributed by atoms with van der Waals surface area (Å²) in [6.07, 6.45) is 0.490. The van der Waals surface area contributed by atoms with Crippen LogP contribution in [0, 0.1) is 0 Å². The SMILES string of the molecule is O=C(CCI)Nc1ccc(SOO[O-])cc1.[Na+]. The molecule has 5 nitrogen and oxygen atoms in total. The van der Waals surface area contributed by atoms with Gasteiger partial charge in [-0.15, -0.1) is 0 Å². The zero-order valence-corrected chi connectivity index (χ0v) is 14.1. The largest absolute Gasteiger partial charge is 1.00 e. The van der Waals surface area contributed by atoms with Crippen LogP contribution in [0.15, 0.2) is 29.2 Å². The van der Waals surface area contributed by atoms with Crippen LogP contribution in [-0.2, 0) is 14.2 Å². The first-order chi connectivity index (χ1) is 7.76. The Hall–Kier alpha value is 0.650. The topological polar surface area (TPSA) is 70.6 Å². The fraction of sp³-hybridized carbons (Fsp3) is 0.222. The Morgan fingerprint density at radius 2 is 2.06 bits per heavy atom. The third-order valence-electron chi connectivity index (χ3n) is 1.62. The minimum Gasteiger partial charge on any atom is -0.691 e. The summed E-state index contributed by atoms with van der Waals surface area (Å²) in [6.45, 7) is 0. The van der Waals surface area contributed by atoms with Gasteiger partial charge in [0.25, 0.3) is 0 Å². The Bertz CT molecular complexity index is 338. The fourth-order valence-electron chi connectivity index (χ4n) is 0.956. The Labute approximate surface area is 139 Å². The number of nitrogens with one attached hydrogen (secondary N) is 1. The first-order valence-electron chi connectivity index (χ1n) is 4.35. The molecule has 0 saturated heterocycles. The Balaban J connectivity index is 0.00000256. The summed E-state index contributed by atoms with van der Waals surface area (Å²) >= 11 is 2.95. The average molecular weight is 377 g/mol. The second-order valence-electron chi connectivity index (χ2n) is 2.73. The number of amides is 1. The smallest absolute Gasteiger partial charge is 0.691 e. The van der Waals surface area contributed by atoms with E-state index in [0.29, 0.717) is 17.0 Å². The van der Waals surface area contributed by atoms with Crippen molar-refractivity contribution in [3.8, 4) is 0 Å². The molecule has 8 heteroatoms. The van der Waals surface area contributed by atoms with Crippen LogP contribution >= 0.6 is 34.6 Å². The average Bonchev–Trinajstić information content (AvgIpc) is 2.28. The molecule has 1 rings (SSSR count). The zero-order chi connectivity index (χ0) is 11.8. The van der Waals surface area contributed by atoms with Gasteiger partial charge in [-0.2, -0.15) is 4.33 Å². The van der Waals surface area contributed by atoms with Gasteiger partial charge in [0.1, 0.15) is 0 Å². The molecule has 0 unspecified atom stereocenters. The maximum absolute atomic E-state index is 11.3. The summed E-state index contributed by atoms with van der Waals surface area (Å²) < 4.78 is 4.94. The third kappa shape index (κ3) is 7.62. The Morgan fingerprint density at radius 1 is 1.41 bits per heavy atom. The molecule has 0 aliphatic heterocycles. The summed E-state index contributed by atoms with van der Waals surface area (Å²) in [5, 5.41) is 15.5. The number of alkyl halides is 1. The summed E-state index contributed by atoms with van der Waals surface area (Å²) in [5.74, 6) is -0.0195. The van der Waals surface area contributed by atoms with Crippen LogP contribution in [-0.4, -0.2) is 10.3 Å². The molecular weight excluding hydrogens is 368 g/mol. The van der Waals surface area contributed by atoms with Crippen molar-refractivity contribution in [3.63, 3.8) is 0 Å². The fourth-order valence-corrected chi connectivity index (χ4v) is 1.80. The normalized spacial score (nSPS) is 9.53. The maximum atomic E-state index is 11.3. The Morgan fingerprint density at radius 3 is 2.59 bits per heavy atom. The molecule has 0 spiro atoms. The molecule has 0 bridgehead atoms. The van der Waals surface area contributed by atoms with E-state index in [1.54, 1.807) is 24.3 Å². The number of carbonyl (C=O) groups is 1. The number of halogens is 1. The van der Waals surface area contributed by atoms with Gasteiger partial charge in [0.2, 0.25) is 5.91 Å². The molecule has 0 heterocycles. The molecule has 1 amide bonds. The van der Waals surface area contributed by atoms with Crippen molar-refractivity contribution in [3.05, 3.63) is 24.3 Å². The van der Waals surface area contributed by atoms with Gasteiger partial charge in [0.15, 0.2) is 0 Å². The van der Waals surface area contributed by atoms with Gasteiger partial charge in [0.05, 0.1) is 12.0 Å². The summed E-state index contributed by atoms with van der Waals surface area (Å²) in [7, 11) is 0. The number of rotatable bonds is 6. The van der Waals surface area contributed by atoms with E-state index < -0.39 is 0 Å². The minimum absolute atomic E-state index is 0. The van der Waals surface area contributed by atoms with Gasteiger partial charge in [-0.1, -0.05) is 22.6 Å². The number of hydrogen-bond acceptors (Lipinski definition) is 5. The number of carbonyl (C=O) groups excluding carboxylic acids is 1. The van der Waals surface area contributed by atoms with Crippen LogP contribution < -0.4 is 40.1 Å². The van der Waals surface area contributed by atoms with E-state index >= 15 is 0 Å². The van der Waals surface area contributed by atoms with Gasteiger partial charge >= 0.3 is 29.6 Å². The van der Waals surface area contributed by atoms with Gasteiger partial charge in [-0.3, -0.25) is 9.83 Å². The first-order valence-corrected chi connectivity index (χ1v) is 6.62. The predicted octanol–water partition coefficient (Wildman–Crippen LogP) is -1.32. The second-order valence-corrected chi connectivity index (χ2v) is 4.58. The molecule has 0 saturated carbocycles. The Kier molecular flexibility index (Phi) is 11.0. The first kappa shape index (κ1) is 17.6. The van der Waals surface area contributed by atoms with Crippen LogP contribution in [0.5, 0.6) is 0 Å². The van der Waals surface area contributed by atoms with Gasteiger partial charge in [0, 0.05) is 21.4 Å². The number of hydrogen-bond donors (Lipinski definition) is 1. The molecule has 0 aliphatic rings. The summed E-state index contributed by atoms with van der Waals surface area (Å²) in [5.41, 5.74) is 0.710. The molecule has 1 aromatic carbocycles. The van der Waals surface area contributed by atoms with Crippen molar-refractivity contribution >= 4 is 46.2 Å². The minimum atomic E-state index is -0.0195. The molecule has 0 atom stereocenters. The van der Waals surface area contributed by atoms with Crippen LogP contribution in [0.1, 0.15) is 6.42 Å². The van der Waals surface area contributed by atoms with E-state index in [4.69, 9.17) is 0 Å². The van der Waals surface area contributed by atoms with E-state index in [9.17, 15) is 10.1 Å². The van der Waals surface area contributed by atoms with E-state index in [-0.39, 0.29) is 35.5 Å². The monoisotopic (exact) mass is 377 g/mol. The van der Waals surface area contributed by atoms with Crippen LogP contribution in [0.2, 0.25) is 0 Å². The molecule has 88 valence electrons. The summed E-state index contributed by atoms with van der Waals surface area (Å²) in [4.78, 5) is 12.0. The molecule has 0 radical (unpaired) electrons. The third-order valence-corrected chi connectivity index (χ3v) is 2.75. The van der Waals surface area contributed by atoms with Crippen LogP contribution in [0.25, 0.3) is 0 Å². The molecule has 0 aromatic heterocycles. The molecular formula is C9H9INNaO4S. The molecule has 1 aromatic rings. The second kappa shape index (κ2) is 10.6. The predicted molar refractivity (Wildman–Crippen MR) is 66.6 cm³/mol. The van der Waals surface area contributed by atoms with Crippen molar-refractivity contribution in [1.82, 2.24) is 0 Å². The maximum Gasteiger partial charge on any atom is 1.00 e. The van der Waals surface area contributed by atoms with Crippen molar-refractivity contribution in [1.29, 1.82) is 0 Å². The van der Waals surface area contributed by atoms with E-state index in [0.717, 1.165) is 16.5 Å². The number of anilines is 1. The van der Waals surface area contributed by atoms with Crippen LogP contribution in [0.4, 0.5) is 5.69 Å². The molecule has 17 heavy (non-hydrogen) atoms. The van der Waals surface area contributed by atoms with Crippen molar-refractivity contribution in [2.75, 3.05) is 9.74 Å². The molecule has 0 fully saturated rings. The summed E-state index contributed by atoms with van der Waals surface area (Å²) in [6, 6.07) is 6.87. The van der Waals surface area contributed by atoms with Gasteiger partial charge in [-0.25, -0.2) is 0 Å². The van der Waals surface area contributed by atoms with E-state index in [1.807, 2.05) is 0 Å². The van der Waals surface area contributed by atoms with Gasteiger partial charge < -0.3 is 10.6 Å². The van der Waals surface area contributed by atoms with E-state index in [2.05, 4.69) is 37.3 Å². The van der Waals surface area contributed by atoms with Crippen molar-refractivity contribution in [2.45, 2.75) is 11.3 Å². The molecule has 1 N–H and O–H groups in total. The standard InChI is InChI=1S/C9H10INO4S.Na/c10-6-5-9(12)11-7-1-3-8(4-2-7)16-15-14-13;/h1-4,13H,5-6H2,(H,11,12);/q;+1/p-1. The quantitative estimate of drug-likeness (QED) is 0.166. The number of benzene rings is 1. The zero-order valence-electron chi connectivity index (χ0n) is 9.14. The van der Waals surface area contributed by atoms with Crippen molar-refractivity contribution in [2.24, 2.45) is 0 Å². The van der Waals surface area contributed by atoms with E-state index in [1.165, 1.54) is 0 Å².